The summed E-state index contributed by atoms with van der Waals surface area (Å²) in [6, 6.07) is 7.89. The number of benzene rings is 1. The number of nitriles is 1. The highest BCUT2D eigenvalue weighted by Gasteiger charge is 2.37. The van der Waals surface area contributed by atoms with Crippen molar-refractivity contribution in [3.05, 3.63) is 62.8 Å². The summed E-state index contributed by atoms with van der Waals surface area (Å²) in [6.07, 6.45) is 0. The van der Waals surface area contributed by atoms with Crippen LogP contribution in [0.15, 0.2) is 41.0 Å². The van der Waals surface area contributed by atoms with Gasteiger partial charge >= 0.3 is 5.97 Å². The highest BCUT2D eigenvalue weighted by molar-refractivity contribution is 6.31. The second-order valence-corrected chi connectivity index (χ2v) is 7.00. The summed E-state index contributed by atoms with van der Waals surface area (Å²) in [6.45, 7) is 7.45. The van der Waals surface area contributed by atoms with Crippen molar-refractivity contribution in [1.82, 2.24) is 4.98 Å². The van der Waals surface area contributed by atoms with Gasteiger partial charge in [0, 0.05) is 10.9 Å². The van der Waals surface area contributed by atoms with Gasteiger partial charge < -0.3 is 15.2 Å². The van der Waals surface area contributed by atoms with Crippen LogP contribution in [0, 0.1) is 25.2 Å². The molecule has 1 atom stereocenters. The predicted octanol–water partition coefficient (Wildman–Crippen LogP) is 4.15. The van der Waals surface area contributed by atoms with E-state index < -0.39 is 11.9 Å². The molecular weight excluding hydrogens is 378 g/mol. The molecule has 7 heteroatoms. The van der Waals surface area contributed by atoms with Crippen molar-refractivity contribution in [3.8, 4) is 6.07 Å². The number of aryl methyl sites for hydroxylation is 2. The van der Waals surface area contributed by atoms with Gasteiger partial charge in [0.05, 0.1) is 23.6 Å². The molecule has 1 unspecified atom stereocenters. The number of nitrogens with two attached hydrogens (primary N) is 1. The van der Waals surface area contributed by atoms with Crippen LogP contribution in [-0.4, -0.2) is 17.6 Å². The third kappa shape index (κ3) is 3.30. The zero-order valence-corrected chi connectivity index (χ0v) is 16.8. The first kappa shape index (κ1) is 19.7. The maximum absolute atomic E-state index is 12.6. The number of ether oxygens (including phenoxy) is 2. The summed E-state index contributed by atoms with van der Waals surface area (Å²) in [5.41, 5.74) is 9.56. The predicted molar refractivity (Wildman–Crippen MR) is 106 cm³/mol. The fourth-order valence-corrected chi connectivity index (χ4v) is 3.76. The Kier molecular flexibility index (Phi) is 5.30. The van der Waals surface area contributed by atoms with E-state index in [2.05, 4.69) is 4.98 Å². The number of pyridine rings is 1. The van der Waals surface area contributed by atoms with Gasteiger partial charge in [0.15, 0.2) is 0 Å². The molecule has 2 aromatic rings. The number of allylic oxidation sites excluding steroid dienone is 2. The first-order valence-corrected chi connectivity index (χ1v) is 9.19. The fourth-order valence-electron chi connectivity index (χ4n) is 3.51. The molecule has 1 aliphatic rings. The van der Waals surface area contributed by atoms with Crippen molar-refractivity contribution < 1.29 is 14.3 Å². The second-order valence-electron chi connectivity index (χ2n) is 6.64. The summed E-state index contributed by atoms with van der Waals surface area (Å²) in [4.78, 5) is 17.2. The maximum atomic E-state index is 12.6. The molecule has 0 aliphatic carbocycles. The summed E-state index contributed by atoms with van der Waals surface area (Å²) in [7, 11) is 0. The molecule has 1 aromatic carbocycles. The number of aromatic nitrogens is 1. The Morgan fingerprint density at radius 2 is 2.07 bits per heavy atom. The van der Waals surface area contributed by atoms with E-state index in [-0.39, 0.29) is 34.5 Å². The highest BCUT2D eigenvalue weighted by Crippen LogP contribution is 2.42. The number of halogens is 1. The minimum atomic E-state index is -0.817. The van der Waals surface area contributed by atoms with E-state index in [9.17, 15) is 10.1 Å². The van der Waals surface area contributed by atoms with Crippen LogP contribution in [0.5, 0.6) is 0 Å². The summed E-state index contributed by atoms with van der Waals surface area (Å²) >= 11 is 6.51. The van der Waals surface area contributed by atoms with Crippen LogP contribution in [0.4, 0.5) is 0 Å². The van der Waals surface area contributed by atoms with Gasteiger partial charge in [-0.15, -0.1) is 0 Å². The fraction of sp³-hybridized carbons (Fsp3) is 0.286. The summed E-state index contributed by atoms with van der Waals surface area (Å²) in [5.74, 6) is -1.18. The lowest BCUT2D eigenvalue weighted by molar-refractivity contribution is -0.139. The standard InChI is InChI=1S/C21H20ClN3O3/c1-5-27-21(26)16-12(4)28-20(24)15(9-23)17(16)14-8-13-7-10(2)6-11(3)18(13)25-19(14)22/h6-8,17H,5,24H2,1-4H3. The Morgan fingerprint density at radius 3 is 2.71 bits per heavy atom. The molecule has 0 radical (unpaired) electrons. The SMILES string of the molecule is CCOC(=O)C1=C(C)OC(N)=C(C#N)C1c1cc2cc(C)cc(C)c2nc1Cl. The average Bonchev–Trinajstić information content (AvgIpc) is 2.61. The monoisotopic (exact) mass is 397 g/mol. The van der Waals surface area contributed by atoms with Crippen molar-refractivity contribution in [1.29, 1.82) is 5.26 Å². The lowest BCUT2D eigenvalue weighted by Gasteiger charge is -2.27. The molecule has 2 N–H and O–H groups in total. The van der Waals surface area contributed by atoms with Crippen LogP contribution in [0.2, 0.25) is 5.15 Å². The van der Waals surface area contributed by atoms with E-state index in [4.69, 9.17) is 26.8 Å². The quantitative estimate of drug-likeness (QED) is 0.617. The van der Waals surface area contributed by atoms with Gasteiger partial charge in [-0.3, -0.25) is 0 Å². The molecule has 0 bridgehead atoms. The lowest BCUT2D eigenvalue weighted by Crippen LogP contribution is -2.26. The largest absolute Gasteiger partial charge is 0.463 e. The van der Waals surface area contributed by atoms with Crippen LogP contribution in [0.3, 0.4) is 0 Å². The summed E-state index contributed by atoms with van der Waals surface area (Å²) < 4.78 is 10.6. The van der Waals surface area contributed by atoms with E-state index in [1.165, 1.54) is 0 Å². The van der Waals surface area contributed by atoms with Gasteiger partial charge in [0.1, 0.15) is 22.6 Å². The Balaban J connectivity index is 2.30. The molecule has 144 valence electrons. The van der Waals surface area contributed by atoms with Gasteiger partial charge in [0.2, 0.25) is 5.88 Å². The molecule has 0 spiro atoms. The molecule has 0 fully saturated rings. The molecule has 28 heavy (non-hydrogen) atoms. The van der Waals surface area contributed by atoms with Crippen molar-refractivity contribution in [2.45, 2.75) is 33.6 Å². The smallest absolute Gasteiger partial charge is 0.338 e. The third-order valence-corrected chi connectivity index (χ3v) is 4.95. The van der Waals surface area contributed by atoms with E-state index in [1.807, 2.05) is 38.1 Å². The van der Waals surface area contributed by atoms with Gasteiger partial charge in [0.25, 0.3) is 0 Å². The van der Waals surface area contributed by atoms with Gasteiger partial charge in [-0.2, -0.15) is 5.26 Å². The van der Waals surface area contributed by atoms with E-state index in [0.717, 1.165) is 22.0 Å². The number of hydrogen-bond donors (Lipinski definition) is 1. The maximum Gasteiger partial charge on any atom is 0.338 e. The average molecular weight is 398 g/mol. The van der Waals surface area contributed by atoms with E-state index in [1.54, 1.807) is 13.8 Å². The van der Waals surface area contributed by atoms with Crippen LogP contribution in [0.25, 0.3) is 10.9 Å². The van der Waals surface area contributed by atoms with Crippen LogP contribution in [-0.2, 0) is 14.3 Å². The number of esters is 1. The molecule has 1 aromatic heterocycles. The molecule has 6 nitrogen and oxygen atoms in total. The van der Waals surface area contributed by atoms with Gasteiger partial charge in [-0.25, -0.2) is 9.78 Å². The molecule has 1 aliphatic heterocycles. The second kappa shape index (κ2) is 7.53. The zero-order valence-electron chi connectivity index (χ0n) is 16.1. The Hall–Kier alpha value is -3.04. The Morgan fingerprint density at radius 1 is 1.36 bits per heavy atom. The molecular formula is C21H20ClN3O3. The van der Waals surface area contributed by atoms with Gasteiger partial charge in [-0.05, 0) is 45.4 Å². The minimum absolute atomic E-state index is 0.0605. The Labute approximate surface area is 168 Å². The summed E-state index contributed by atoms with van der Waals surface area (Å²) in [5, 5.41) is 10.8. The molecule has 2 heterocycles. The lowest BCUT2D eigenvalue weighted by atomic mass is 9.83. The van der Waals surface area contributed by atoms with Crippen molar-refractivity contribution in [2.24, 2.45) is 5.73 Å². The van der Waals surface area contributed by atoms with Crippen LogP contribution in [0.1, 0.15) is 36.5 Å². The Bertz CT molecular complexity index is 1100. The molecule has 0 saturated carbocycles. The number of hydrogen-bond acceptors (Lipinski definition) is 6. The number of rotatable bonds is 3. The topological polar surface area (TPSA) is 98.2 Å². The van der Waals surface area contributed by atoms with E-state index >= 15 is 0 Å². The van der Waals surface area contributed by atoms with Crippen molar-refractivity contribution in [2.75, 3.05) is 6.61 Å². The zero-order chi connectivity index (χ0) is 20.6. The molecule has 0 saturated heterocycles. The van der Waals surface area contributed by atoms with Crippen LogP contribution < -0.4 is 5.73 Å². The van der Waals surface area contributed by atoms with Crippen molar-refractivity contribution >= 4 is 28.5 Å². The number of fused-ring (bicyclic) bond motifs is 1. The van der Waals surface area contributed by atoms with E-state index in [0.29, 0.717) is 5.56 Å². The first-order valence-electron chi connectivity index (χ1n) is 8.81. The normalized spacial score (nSPS) is 16.8. The number of nitrogens with zero attached hydrogens (tertiary/aromatic N) is 2. The molecule has 3 rings (SSSR count). The third-order valence-electron chi connectivity index (χ3n) is 4.65. The van der Waals surface area contributed by atoms with Crippen molar-refractivity contribution in [3.63, 3.8) is 0 Å². The first-order chi connectivity index (χ1) is 13.3. The van der Waals surface area contributed by atoms with Crippen LogP contribution >= 0.6 is 11.6 Å². The number of carbonyl (C=O) groups is 1. The molecule has 0 amide bonds. The number of carbonyl (C=O) groups excluding carboxylic acids is 1. The minimum Gasteiger partial charge on any atom is -0.463 e. The highest BCUT2D eigenvalue weighted by atomic mass is 35.5. The van der Waals surface area contributed by atoms with Gasteiger partial charge in [-0.1, -0.05) is 23.2 Å².